The van der Waals surface area contributed by atoms with Crippen molar-refractivity contribution in [2.45, 2.75) is 64.2 Å². The summed E-state index contributed by atoms with van der Waals surface area (Å²) in [6.45, 7) is 10.4. The highest BCUT2D eigenvalue weighted by Crippen LogP contribution is 2.47. The molecule has 0 aromatic heterocycles. The molecule has 2 heterocycles. The van der Waals surface area contributed by atoms with Crippen LogP contribution in [0.4, 0.5) is 11.4 Å². The van der Waals surface area contributed by atoms with E-state index in [-0.39, 0.29) is 29.1 Å². The first-order valence-corrected chi connectivity index (χ1v) is 14.7. The molecule has 5 heteroatoms. The minimum absolute atomic E-state index is 0. The summed E-state index contributed by atoms with van der Waals surface area (Å²) in [6.07, 6.45) is 23.7. The van der Waals surface area contributed by atoms with E-state index >= 15 is 0 Å². The molecule has 0 bridgehead atoms. The Morgan fingerprint density at radius 1 is 0.905 bits per heavy atom. The molecule has 0 saturated carbocycles. The van der Waals surface area contributed by atoms with Gasteiger partial charge in [-0.3, -0.25) is 4.79 Å². The number of unbranched alkanes of at least 4 members (excludes halogenated alkanes) is 2. The highest BCUT2D eigenvalue weighted by molar-refractivity contribution is 6.03. The van der Waals surface area contributed by atoms with Crippen molar-refractivity contribution in [1.29, 1.82) is 0 Å². The molecule has 0 saturated heterocycles. The maximum Gasteiger partial charge on any atom is 0.220 e. The summed E-state index contributed by atoms with van der Waals surface area (Å²) >= 11 is 0. The molecule has 0 fully saturated rings. The molecule has 0 unspecified atom stereocenters. The highest BCUT2D eigenvalue weighted by Gasteiger charge is 2.42. The molecule has 0 radical (unpaired) electrons. The maximum atomic E-state index is 11.8. The molecular formula is C37H44ClN3O. The zero-order valence-corrected chi connectivity index (χ0v) is 26.4. The zero-order valence-electron chi connectivity index (χ0n) is 25.7. The molecule has 1 amide bonds. The van der Waals surface area contributed by atoms with Gasteiger partial charge in [-0.15, -0.1) is 6.42 Å². The molecule has 220 valence electrons. The van der Waals surface area contributed by atoms with Crippen molar-refractivity contribution in [3.63, 3.8) is 0 Å². The number of carbonyl (C=O) groups is 1. The van der Waals surface area contributed by atoms with Crippen LogP contribution in [0, 0.1) is 12.3 Å². The summed E-state index contributed by atoms with van der Waals surface area (Å²) in [5.74, 6) is 2.48. The van der Waals surface area contributed by atoms with Crippen LogP contribution in [0.1, 0.15) is 64.5 Å². The lowest BCUT2D eigenvalue weighted by Crippen LogP contribution is -3.00. The first-order chi connectivity index (χ1) is 19.7. The topological polar surface area (TPSA) is 35.4 Å². The smallest absolute Gasteiger partial charge is 0.220 e. The molecule has 42 heavy (non-hydrogen) atoms. The van der Waals surface area contributed by atoms with Gasteiger partial charge in [0.2, 0.25) is 11.6 Å². The van der Waals surface area contributed by atoms with Gasteiger partial charge >= 0.3 is 0 Å². The zero-order chi connectivity index (χ0) is 29.5. The van der Waals surface area contributed by atoms with Crippen LogP contribution in [0.25, 0.3) is 0 Å². The second-order valence-electron chi connectivity index (χ2n) is 11.9. The lowest BCUT2D eigenvalue weighted by atomic mass is 9.81. The van der Waals surface area contributed by atoms with Crippen LogP contribution in [0.15, 0.2) is 96.8 Å². The van der Waals surface area contributed by atoms with Crippen LogP contribution >= 0.6 is 0 Å². The Bertz CT molecular complexity index is 1470. The van der Waals surface area contributed by atoms with Gasteiger partial charge in [0.1, 0.15) is 7.05 Å². The lowest BCUT2D eigenvalue weighted by Gasteiger charge is -2.27. The van der Waals surface area contributed by atoms with Gasteiger partial charge in [-0.05, 0) is 44.4 Å². The number of nitrogens with zero attached hydrogens (tertiary/aromatic N) is 2. The Morgan fingerprint density at radius 2 is 1.57 bits per heavy atom. The van der Waals surface area contributed by atoms with E-state index in [4.69, 9.17) is 6.42 Å². The van der Waals surface area contributed by atoms with Crippen molar-refractivity contribution in [3.05, 3.63) is 108 Å². The predicted octanol–water partition coefficient (Wildman–Crippen LogP) is 4.36. The molecule has 4 nitrogen and oxygen atoms in total. The number of fused-ring (bicyclic) bond motifs is 2. The largest absolute Gasteiger partial charge is 1.00 e. The van der Waals surface area contributed by atoms with E-state index in [0.717, 1.165) is 25.8 Å². The van der Waals surface area contributed by atoms with Gasteiger partial charge in [-0.2, -0.15) is 4.58 Å². The van der Waals surface area contributed by atoms with Crippen LogP contribution in [0.2, 0.25) is 0 Å². The Kier molecular flexibility index (Phi) is 11.2. The summed E-state index contributed by atoms with van der Waals surface area (Å²) < 4.78 is 2.29. The number of rotatable bonds is 11. The van der Waals surface area contributed by atoms with Crippen molar-refractivity contribution >= 4 is 23.0 Å². The SMILES string of the molecule is C#CCNC(=O)CCCCCN1\C(=C/C=C/C=C/C=C/C2=[N+](C)c3ccccc3C2(C)C)C(C)(C)c2ccccc21.[Cl-]. The number of halogens is 1. The molecule has 4 rings (SSSR count). The van der Waals surface area contributed by atoms with Gasteiger partial charge in [0.15, 0.2) is 5.71 Å². The first-order valence-electron chi connectivity index (χ1n) is 14.7. The molecule has 2 aliphatic rings. The molecule has 0 spiro atoms. The van der Waals surface area contributed by atoms with E-state index in [1.807, 2.05) is 0 Å². The lowest BCUT2D eigenvalue weighted by molar-refractivity contribution is -0.401. The second-order valence-corrected chi connectivity index (χ2v) is 11.9. The number of terminal acetylenes is 1. The summed E-state index contributed by atoms with van der Waals surface area (Å²) in [5, 5.41) is 2.74. The third kappa shape index (κ3) is 6.97. The highest BCUT2D eigenvalue weighted by atomic mass is 35.5. The number of para-hydroxylation sites is 2. The summed E-state index contributed by atoms with van der Waals surface area (Å²) in [4.78, 5) is 14.3. The van der Waals surface area contributed by atoms with E-state index < -0.39 is 0 Å². The number of anilines is 1. The van der Waals surface area contributed by atoms with Gasteiger partial charge in [0.05, 0.1) is 12.0 Å². The van der Waals surface area contributed by atoms with Crippen molar-refractivity contribution in [2.24, 2.45) is 0 Å². The van der Waals surface area contributed by atoms with Gasteiger partial charge in [-0.25, -0.2) is 0 Å². The molecule has 0 atom stereocenters. The molecule has 2 aromatic rings. The number of nitrogens with one attached hydrogen (secondary N) is 1. The van der Waals surface area contributed by atoms with Crippen LogP contribution in [0.3, 0.4) is 0 Å². The number of carbonyl (C=O) groups excluding carboxylic acids is 1. The monoisotopic (exact) mass is 581 g/mol. The van der Waals surface area contributed by atoms with Crippen LogP contribution in [0.5, 0.6) is 0 Å². The number of allylic oxidation sites excluding steroid dienone is 8. The van der Waals surface area contributed by atoms with E-state index in [1.165, 1.54) is 33.9 Å². The molecule has 0 aliphatic carbocycles. The van der Waals surface area contributed by atoms with Crippen molar-refractivity contribution in [1.82, 2.24) is 5.32 Å². The van der Waals surface area contributed by atoms with Gasteiger partial charge in [0, 0.05) is 47.5 Å². The van der Waals surface area contributed by atoms with Crippen molar-refractivity contribution < 1.29 is 21.8 Å². The fourth-order valence-corrected chi connectivity index (χ4v) is 6.14. The third-order valence-corrected chi connectivity index (χ3v) is 8.37. The predicted molar refractivity (Wildman–Crippen MR) is 173 cm³/mol. The van der Waals surface area contributed by atoms with Crippen LogP contribution in [-0.4, -0.2) is 36.3 Å². The summed E-state index contributed by atoms with van der Waals surface area (Å²) in [5.41, 5.74) is 7.78. The van der Waals surface area contributed by atoms with Crippen molar-refractivity contribution in [2.75, 3.05) is 25.0 Å². The minimum Gasteiger partial charge on any atom is -1.00 e. The van der Waals surface area contributed by atoms with Crippen LogP contribution in [-0.2, 0) is 15.6 Å². The third-order valence-electron chi connectivity index (χ3n) is 8.37. The maximum absolute atomic E-state index is 11.8. The average molecular weight is 582 g/mol. The van der Waals surface area contributed by atoms with Gasteiger partial charge in [-0.1, -0.05) is 93.0 Å². The number of hydrogen-bond donors (Lipinski definition) is 1. The van der Waals surface area contributed by atoms with Crippen molar-refractivity contribution in [3.8, 4) is 12.3 Å². The standard InChI is InChI=1S/C37H43N3O.ClH/c1-7-27-38-35(41)26-14-11-19-28-40-32-23-18-16-21-30(32)37(4,5)34(40)25-13-10-8-9-12-24-33-36(2,3)29-20-15-17-22-31(29)39(33)6;/h1,8-10,12-13,15-18,20-25H,11,14,19,26-28H2,2-6H3;1H. The molecule has 2 aromatic carbocycles. The quantitative estimate of drug-likeness (QED) is 0.185. The molecular weight excluding hydrogens is 538 g/mol. The first kappa shape index (κ1) is 32.7. The average Bonchev–Trinajstić information content (AvgIpc) is 3.29. The normalized spacial score (nSPS) is 17.6. The fourth-order valence-electron chi connectivity index (χ4n) is 6.14. The Morgan fingerprint density at radius 3 is 2.31 bits per heavy atom. The van der Waals surface area contributed by atoms with E-state index in [0.29, 0.717) is 13.0 Å². The van der Waals surface area contributed by atoms with E-state index in [9.17, 15) is 4.79 Å². The van der Waals surface area contributed by atoms with Crippen LogP contribution < -0.4 is 22.6 Å². The minimum atomic E-state index is -0.0794. The second kappa shape index (κ2) is 14.4. The van der Waals surface area contributed by atoms with E-state index in [2.05, 4.69) is 147 Å². The Labute approximate surface area is 259 Å². The Balaban J connectivity index is 0.00000484. The fraction of sp³-hybridized carbons (Fsp3) is 0.351. The number of amides is 1. The number of hydrogen-bond acceptors (Lipinski definition) is 2. The Hall–Kier alpha value is -3.81. The van der Waals surface area contributed by atoms with Gasteiger partial charge < -0.3 is 22.6 Å². The molecule has 2 aliphatic heterocycles. The van der Waals surface area contributed by atoms with Gasteiger partial charge in [0.25, 0.3) is 0 Å². The summed E-state index contributed by atoms with van der Waals surface area (Å²) in [7, 11) is 2.15. The summed E-state index contributed by atoms with van der Waals surface area (Å²) in [6, 6.07) is 17.3. The van der Waals surface area contributed by atoms with E-state index in [1.54, 1.807) is 0 Å². The number of benzene rings is 2. The molecule has 1 N–H and O–H groups in total.